The first-order valence-electron chi connectivity index (χ1n) is 8.41. The number of imidazole rings is 1. The summed E-state index contributed by atoms with van der Waals surface area (Å²) in [6.07, 6.45) is 3.32. The molecule has 0 unspecified atom stereocenters. The number of benzene rings is 1. The van der Waals surface area contributed by atoms with Gasteiger partial charge in [-0.15, -0.1) is 0 Å². The van der Waals surface area contributed by atoms with Crippen molar-refractivity contribution in [3.63, 3.8) is 0 Å². The van der Waals surface area contributed by atoms with E-state index in [1.165, 1.54) is 4.57 Å². The molecule has 8 nitrogen and oxygen atoms in total. The van der Waals surface area contributed by atoms with Crippen molar-refractivity contribution in [2.75, 3.05) is 0 Å². The van der Waals surface area contributed by atoms with Crippen molar-refractivity contribution in [2.45, 2.75) is 36.7 Å². The molecular formula is C17H21N5O3S. The summed E-state index contributed by atoms with van der Waals surface area (Å²) in [6, 6.07) is 6.58. The number of aryl methyl sites for hydroxylation is 2. The molecule has 1 fully saturated rings. The zero-order valence-corrected chi connectivity index (χ0v) is 15.7. The minimum Gasteiger partial charge on any atom is -0.306 e. The number of sulfonamides is 1. The maximum atomic E-state index is 13.4. The molecule has 0 atom stereocenters. The van der Waals surface area contributed by atoms with Crippen LogP contribution >= 0.6 is 0 Å². The summed E-state index contributed by atoms with van der Waals surface area (Å²) >= 11 is 0. The third-order valence-corrected chi connectivity index (χ3v) is 7.27. The smallest absolute Gasteiger partial charge is 0.306 e. The number of aromatic amines is 1. The molecule has 0 spiro atoms. The van der Waals surface area contributed by atoms with Crippen LogP contribution in [-0.4, -0.2) is 37.6 Å². The van der Waals surface area contributed by atoms with E-state index in [0.29, 0.717) is 11.0 Å². The van der Waals surface area contributed by atoms with Crippen LogP contribution in [0.25, 0.3) is 11.0 Å². The van der Waals surface area contributed by atoms with Crippen LogP contribution in [0.4, 0.5) is 0 Å². The Morgan fingerprint density at radius 2 is 2.00 bits per heavy atom. The Morgan fingerprint density at radius 1 is 1.27 bits per heavy atom. The lowest BCUT2D eigenvalue weighted by Crippen LogP contribution is -2.40. The number of hydrogen-bond donors (Lipinski definition) is 1. The highest BCUT2D eigenvalue weighted by molar-refractivity contribution is 7.89. The van der Waals surface area contributed by atoms with Gasteiger partial charge in [0.15, 0.2) is 0 Å². The van der Waals surface area contributed by atoms with Crippen molar-refractivity contribution >= 4 is 21.1 Å². The lowest BCUT2D eigenvalue weighted by atomic mass is 10.3. The van der Waals surface area contributed by atoms with Crippen LogP contribution in [0, 0.1) is 0 Å². The highest BCUT2D eigenvalue weighted by atomic mass is 32.2. The standard InChI is InChI=1S/C17H21N5O3S/c1-17(7-8-17)22(11-12-6-9-18-21(12)3)26(24,25)13-4-5-14-15(10-13)20(2)16(23)19-14/h4-6,9-10H,7-8,11H2,1-3H3,(H,19,23). The molecule has 2 aromatic heterocycles. The highest BCUT2D eigenvalue weighted by Crippen LogP contribution is 2.45. The van der Waals surface area contributed by atoms with Gasteiger partial charge in [-0.3, -0.25) is 9.25 Å². The Kier molecular flexibility index (Phi) is 3.64. The molecule has 138 valence electrons. The summed E-state index contributed by atoms with van der Waals surface area (Å²) in [5.74, 6) is 0. The maximum absolute atomic E-state index is 13.4. The maximum Gasteiger partial charge on any atom is 0.326 e. The Hall–Kier alpha value is -2.39. The largest absolute Gasteiger partial charge is 0.326 e. The van der Waals surface area contributed by atoms with Crippen LogP contribution in [0.15, 0.2) is 40.2 Å². The second-order valence-electron chi connectivity index (χ2n) is 7.12. The normalized spacial score (nSPS) is 16.5. The summed E-state index contributed by atoms with van der Waals surface area (Å²) in [5.41, 5.74) is 1.36. The monoisotopic (exact) mass is 375 g/mol. The molecule has 1 saturated carbocycles. The van der Waals surface area contributed by atoms with Crippen LogP contribution in [0.3, 0.4) is 0 Å². The van der Waals surface area contributed by atoms with Crippen LogP contribution in [-0.2, 0) is 30.7 Å². The van der Waals surface area contributed by atoms with Crippen molar-refractivity contribution in [1.82, 2.24) is 23.6 Å². The topological polar surface area (TPSA) is 93.0 Å². The van der Waals surface area contributed by atoms with Crippen LogP contribution in [0.5, 0.6) is 0 Å². The molecule has 0 amide bonds. The molecule has 3 aromatic rings. The van der Waals surface area contributed by atoms with E-state index in [4.69, 9.17) is 0 Å². The van der Waals surface area contributed by atoms with Gasteiger partial charge in [-0.05, 0) is 44.0 Å². The molecule has 0 bridgehead atoms. The van der Waals surface area contributed by atoms with E-state index >= 15 is 0 Å². The summed E-state index contributed by atoms with van der Waals surface area (Å²) in [4.78, 5) is 14.7. The lowest BCUT2D eigenvalue weighted by molar-refractivity contribution is 0.305. The Balaban J connectivity index is 1.81. The quantitative estimate of drug-likeness (QED) is 0.728. The number of aromatic nitrogens is 4. The van der Waals surface area contributed by atoms with E-state index in [-0.39, 0.29) is 22.7 Å². The second-order valence-corrected chi connectivity index (χ2v) is 8.99. The predicted octanol–water partition coefficient (Wildman–Crippen LogP) is 1.34. The number of rotatable bonds is 5. The average molecular weight is 375 g/mol. The molecule has 1 N–H and O–H groups in total. The zero-order valence-electron chi connectivity index (χ0n) is 14.9. The van der Waals surface area contributed by atoms with E-state index in [1.54, 1.807) is 47.5 Å². The number of nitrogens with one attached hydrogen (secondary N) is 1. The summed E-state index contributed by atoms with van der Waals surface area (Å²) in [7, 11) is -0.304. The molecule has 26 heavy (non-hydrogen) atoms. The summed E-state index contributed by atoms with van der Waals surface area (Å²) < 4.78 is 31.5. The van der Waals surface area contributed by atoms with Gasteiger partial charge in [-0.2, -0.15) is 9.40 Å². The van der Waals surface area contributed by atoms with Gasteiger partial charge in [0.25, 0.3) is 0 Å². The average Bonchev–Trinajstić information content (AvgIpc) is 3.09. The number of H-pyrrole nitrogens is 1. The van der Waals surface area contributed by atoms with Gasteiger partial charge in [-0.25, -0.2) is 13.2 Å². The van der Waals surface area contributed by atoms with Gasteiger partial charge >= 0.3 is 5.69 Å². The van der Waals surface area contributed by atoms with Crippen LogP contribution < -0.4 is 5.69 Å². The van der Waals surface area contributed by atoms with Gasteiger partial charge in [0.1, 0.15) is 0 Å². The molecule has 1 aliphatic rings. The van der Waals surface area contributed by atoms with Gasteiger partial charge < -0.3 is 4.98 Å². The van der Waals surface area contributed by atoms with E-state index in [2.05, 4.69) is 10.1 Å². The molecule has 9 heteroatoms. The highest BCUT2D eigenvalue weighted by Gasteiger charge is 2.49. The first-order valence-corrected chi connectivity index (χ1v) is 9.85. The number of nitrogens with zero attached hydrogens (tertiary/aromatic N) is 4. The fourth-order valence-corrected chi connectivity index (χ4v) is 5.01. The number of fused-ring (bicyclic) bond motifs is 1. The molecule has 2 heterocycles. The lowest BCUT2D eigenvalue weighted by Gasteiger charge is -2.28. The SMILES string of the molecule is Cn1nccc1CN(C1(C)CC1)S(=O)(=O)c1ccc2[nH]c(=O)n(C)c2c1. The Labute approximate surface area is 151 Å². The van der Waals surface area contributed by atoms with Crippen LogP contribution in [0.1, 0.15) is 25.5 Å². The van der Waals surface area contributed by atoms with E-state index in [9.17, 15) is 13.2 Å². The molecule has 4 rings (SSSR count). The molecule has 0 radical (unpaired) electrons. The zero-order chi connectivity index (χ0) is 18.7. The fraction of sp³-hybridized carbons (Fsp3) is 0.412. The summed E-state index contributed by atoms with van der Waals surface area (Å²) in [6.45, 7) is 2.23. The summed E-state index contributed by atoms with van der Waals surface area (Å²) in [5, 5.41) is 4.14. The molecule has 1 aromatic carbocycles. The Morgan fingerprint density at radius 3 is 2.62 bits per heavy atom. The first-order chi connectivity index (χ1) is 12.2. The van der Waals surface area contributed by atoms with E-state index in [0.717, 1.165) is 18.5 Å². The molecule has 0 saturated heterocycles. The van der Waals surface area contributed by atoms with Crippen molar-refractivity contribution in [3.05, 3.63) is 46.6 Å². The molecule has 0 aliphatic heterocycles. The third kappa shape index (κ3) is 2.58. The predicted molar refractivity (Wildman–Crippen MR) is 97.1 cm³/mol. The van der Waals surface area contributed by atoms with Gasteiger partial charge in [0.05, 0.1) is 28.2 Å². The van der Waals surface area contributed by atoms with E-state index < -0.39 is 10.0 Å². The van der Waals surface area contributed by atoms with Crippen LogP contribution in [0.2, 0.25) is 0 Å². The minimum atomic E-state index is -3.73. The third-order valence-electron chi connectivity index (χ3n) is 5.27. The first kappa shape index (κ1) is 17.0. The fourth-order valence-electron chi connectivity index (χ4n) is 3.19. The van der Waals surface area contributed by atoms with Crippen molar-refractivity contribution < 1.29 is 8.42 Å². The molecule has 1 aliphatic carbocycles. The van der Waals surface area contributed by atoms with Crippen molar-refractivity contribution in [2.24, 2.45) is 14.1 Å². The molecular weight excluding hydrogens is 354 g/mol. The van der Waals surface area contributed by atoms with Gasteiger partial charge in [0.2, 0.25) is 10.0 Å². The van der Waals surface area contributed by atoms with Gasteiger partial charge in [0, 0.05) is 25.8 Å². The second kappa shape index (κ2) is 5.55. The minimum absolute atomic E-state index is 0.190. The van der Waals surface area contributed by atoms with Gasteiger partial charge in [-0.1, -0.05) is 0 Å². The van der Waals surface area contributed by atoms with E-state index in [1.807, 2.05) is 13.0 Å². The Bertz CT molecular complexity index is 1150. The van der Waals surface area contributed by atoms with Crippen molar-refractivity contribution in [1.29, 1.82) is 0 Å². The van der Waals surface area contributed by atoms with Crippen molar-refractivity contribution in [3.8, 4) is 0 Å². The number of hydrogen-bond acceptors (Lipinski definition) is 4.